The van der Waals surface area contributed by atoms with Crippen molar-refractivity contribution in [3.63, 3.8) is 0 Å². The van der Waals surface area contributed by atoms with Crippen LogP contribution in [0.25, 0.3) is 11.5 Å². The average Bonchev–Trinajstić information content (AvgIpc) is 2.76. The summed E-state index contributed by atoms with van der Waals surface area (Å²) in [6.07, 6.45) is 0.938. The number of hydrogen-bond donors (Lipinski definition) is 1. The lowest BCUT2D eigenvalue weighted by atomic mass is 10.1. The maximum atomic E-state index is 5.84. The van der Waals surface area contributed by atoms with Gasteiger partial charge in [0.2, 0.25) is 5.89 Å². The topological polar surface area (TPSA) is 38.1 Å². The summed E-state index contributed by atoms with van der Waals surface area (Å²) in [5, 5.41) is 3.30. The third kappa shape index (κ3) is 1.87. The molecule has 1 N–H and O–H groups in total. The second kappa shape index (κ2) is 4.00. The van der Waals surface area contributed by atoms with E-state index in [0.717, 1.165) is 42.4 Å². The molecule has 1 aromatic heterocycles. The smallest absolute Gasteiger partial charge is 0.226 e. The molecule has 0 bridgehead atoms. The number of hydrogen-bond acceptors (Lipinski definition) is 3. The van der Waals surface area contributed by atoms with Gasteiger partial charge in [0.25, 0.3) is 0 Å². The van der Waals surface area contributed by atoms with E-state index in [9.17, 15) is 0 Å². The minimum Gasteiger partial charge on any atom is -0.441 e. The Bertz CT molecular complexity index is 534. The SMILES string of the molecule is Cc1ccc(-c2nc3c(o2)CCNC3)cc1C. The largest absolute Gasteiger partial charge is 0.441 e. The predicted molar refractivity (Wildman–Crippen MR) is 66.8 cm³/mol. The quantitative estimate of drug-likeness (QED) is 0.815. The highest BCUT2D eigenvalue weighted by molar-refractivity contribution is 5.56. The lowest BCUT2D eigenvalue weighted by Crippen LogP contribution is -2.22. The normalized spacial score (nSPS) is 14.7. The van der Waals surface area contributed by atoms with Crippen LogP contribution >= 0.6 is 0 Å². The van der Waals surface area contributed by atoms with Crippen molar-refractivity contribution in [3.05, 3.63) is 40.8 Å². The fraction of sp³-hybridized carbons (Fsp3) is 0.357. The Hall–Kier alpha value is -1.61. The molecule has 0 fully saturated rings. The van der Waals surface area contributed by atoms with Gasteiger partial charge in [-0.05, 0) is 37.1 Å². The molecule has 17 heavy (non-hydrogen) atoms. The van der Waals surface area contributed by atoms with Crippen molar-refractivity contribution >= 4 is 0 Å². The van der Waals surface area contributed by atoms with Crippen molar-refractivity contribution in [3.8, 4) is 11.5 Å². The summed E-state index contributed by atoms with van der Waals surface area (Å²) in [5.41, 5.74) is 4.70. The number of aryl methyl sites for hydroxylation is 2. The zero-order valence-electron chi connectivity index (χ0n) is 10.2. The molecule has 1 aliphatic rings. The van der Waals surface area contributed by atoms with Crippen LogP contribution in [0.1, 0.15) is 22.6 Å². The van der Waals surface area contributed by atoms with E-state index >= 15 is 0 Å². The maximum Gasteiger partial charge on any atom is 0.226 e. The molecule has 2 aromatic rings. The summed E-state index contributed by atoms with van der Waals surface area (Å²) in [6, 6.07) is 6.33. The molecule has 0 unspecified atom stereocenters. The number of fused-ring (bicyclic) bond motifs is 1. The second-order valence-corrected chi connectivity index (χ2v) is 4.61. The van der Waals surface area contributed by atoms with Crippen molar-refractivity contribution in [1.29, 1.82) is 0 Å². The summed E-state index contributed by atoms with van der Waals surface area (Å²) >= 11 is 0. The number of nitrogens with one attached hydrogen (secondary N) is 1. The number of aromatic nitrogens is 1. The van der Waals surface area contributed by atoms with Crippen LogP contribution in [-0.2, 0) is 13.0 Å². The Morgan fingerprint density at radius 3 is 2.88 bits per heavy atom. The molecule has 1 aromatic carbocycles. The highest BCUT2D eigenvalue weighted by Gasteiger charge is 2.17. The van der Waals surface area contributed by atoms with Gasteiger partial charge in [0.15, 0.2) is 0 Å². The van der Waals surface area contributed by atoms with Gasteiger partial charge >= 0.3 is 0 Å². The summed E-state index contributed by atoms with van der Waals surface area (Å²) in [6.45, 7) is 6.03. The molecule has 0 atom stereocenters. The Kier molecular flexibility index (Phi) is 2.48. The minimum atomic E-state index is 0.752. The monoisotopic (exact) mass is 228 g/mol. The van der Waals surface area contributed by atoms with Crippen molar-refractivity contribution in [2.24, 2.45) is 0 Å². The molecule has 3 nitrogen and oxygen atoms in total. The van der Waals surface area contributed by atoms with Crippen LogP contribution in [0.5, 0.6) is 0 Å². The minimum absolute atomic E-state index is 0.752. The van der Waals surface area contributed by atoms with Crippen LogP contribution < -0.4 is 5.32 Å². The molecule has 0 amide bonds. The van der Waals surface area contributed by atoms with Gasteiger partial charge in [-0.25, -0.2) is 4.98 Å². The lowest BCUT2D eigenvalue weighted by Gasteiger charge is -2.08. The highest BCUT2D eigenvalue weighted by Crippen LogP contribution is 2.25. The van der Waals surface area contributed by atoms with E-state index < -0.39 is 0 Å². The van der Waals surface area contributed by atoms with Gasteiger partial charge in [0.05, 0.1) is 5.69 Å². The van der Waals surface area contributed by atoms with E-state index in [2.05, 4.69) is 42.3 Å². The van der Waals surface area contributed by atoms with Crippen molar-refractivity contribution < 1.29 is 4.42 Å². The van der Waals surface area contributed by atoms with Gasteiger partial charge in [0.1, 0.15) is 5.76 Å². The van der Waals surface area contributed by atoms with E-state index in [1.807, 2.05) is 0 Å². The average molecular weight is 228 g/mol. The number of benzene rings is 1. The fourth-order valence-electron chi connectivity index (χ4n) is 2.12. The lowest BCUT2D eigenvalue weighted by molar-refractivity contribution is 0.483. The number of rotatable bonds is 1. The van der Waals surface area contributed by atoms with Crippen LogP contribution in [0.15, 0.2) is 22.6 Å². The Morgan fingerprint density at radius 2 is 2.12 bits per heavy atom. The maximum absolute atomic E-state index is 5.84. The van der Waals surface area contributed by atoms with E-state index in [4.69, 9.17) is 4.42 Å². The van der Waals surface area contributed by atoms with Gasteiger partial charge in [-0.2, -0.15) is 0 Å². The molecule has 0 aliphatic carbocycles. The van der Waals surface area contributed by atoms with E-state index in [0.29, 0.717) is 0 Å². The first-order valence-electron chi connectivity index (χ1n) is 6.01. The first-order chi connectivity index (χ1) is 8.24. The third-order valence-electron chi connectivity index (χ3n) is 3.35. The molecule has 3 heteroatoms. The predicted octanol–water partition coefficient (Wildman–Crippen LogP) is 2.60. The molecule has 88 valence electrons. The van der Waals surface area contributed by atoms with Gasteiger partial charge in [-0.3, -0.25) is 0 Å². The van der Waals surface area contributed by atoms with Crippen LogP contribution in [0.2, 0.25) is 0 Å². The van der Waals surface area contributed by atoms with Gasteiger partial charge in [-0.1, -0.05) is 6.07 Å². The van der Waals surface area contributed by atoms with E-state index in [1.54, 1.807) is 0 Å². The number of nitrogens with zero attached hydrogens (tertiary/aromatic N) is 1. The highest BCUT2D eigenvalue weighted by atomic mass is 16.4. The fourth-order valence-corrected chi connectivity index (χ4v) is 2.12. The molecule has 0 spiro atoms. The first kappa shape index (κ1) is 10.5. The second-order valence-electron chi connectivity index (χ2n) is 4.61. The summed E-state index contributed by atoms with van der Waals surface area (Å²) < 4.78 is 5.84. The summed E-state index contributed by atoms with van der Waals surface area (Å²) in [5.74, 6) is 1.79. The molecule has 2 heterocycles. The summed E-state index contributed by atoms with van der Waals surface area (Å²) in [4.78, 5) is 4.56. The first-order valence-corrected chi connectivity index (χ1v) is 6.01. The molecular formula is C14H16N2O. The van der Waals surface area contributed by atoms with Gasteiger partial charge in [-0.15, -0.1) is 0 Å². The molecular weight excluding hydrogens is 212 g/mol. The van der Waals surface area contributed by atoms with Crippen LogP contribution in [0.3, 0.4) is 0 Å². The Balaban J connectivity index is 2.03. The van der Waals surface area contributed by atoms with E-state index in [1.165, 1.54) is 11.1 Å². The van der Waals surface area contributed by atoms with Crippen LogP contribution in [-0.4, -0.2) is 11.5 Å². The zero-order valence-corrected chi connectivity index (χ0v) is 10.2. The van der Waals surface area contributed by atoms with Crippen LogP contribution in [0.4, 0.5) is 0 Å². The Morgan fingerprint density at radius 1 is 1.24 bits per heavy atom. The summed E-state index contributed by atoms with van der Waals surface area (Å²) in [7, 11) is 0. The molecule has 1 aliphatic heterocycles. The van der Waals surface area contributed by atoms with Crippen LogP contribution in [0, 0.1) is 13.8 Å². The van der Waals surface area contributed by atoms with Gasteiger partial charge < -0.3 is 9.73 Å². The molecule has 0 radical (unpaired) electrons. The van der Waals surface area contributed by atoms with Gasteiger partial charge in [0, 0.05) is 25.1 Å². The zero-order chi connectivity index (χ0) is 11.8. The molecule has 0 saturated carbocycles. The molecule has 0 saturated heterocycles. The van der Waals surface area contributed by atoms with E-state index in [-0.39, 0.29) is 0 Å². The third-order valence-corrected chi connectivity index (χ3v) is 3.35. The standard InChI is InChI=1S/C14H16N2O/c1-9-3-4-11(7-10(9)2)14-16-12-8-15-6-5-13(12)17-14/h3-4,7,15H,5-6,8H2,1-2H3. The van der Waals surface area contributed by atoms with Crippen molar-refractivity contribution in [2.75, 3.05) is 6.54 Å². The Labute approximate surface area is 101 Å². The molecule has 3 rings (SSSR count). The number of oxazole rings is 1. The van der Waals surface area contributed by atoms with Crippen molar-refractivity contribution in [1.82, 2.24) is 10.3 Å². The van der Waals surface area contributed by atoms with Crippen molar-refractivity contribution in [2.45, 2.75) is 26.8 Å².